The number of ether oxygens (including phenoxy) is 5. The summed E-state index contributed by atoms with van der Waals surface area (Å²) < 4.78 is 30.3. The number of amides is 1. The molecular formula is C29H38N2O6. The molecule has 1 N–H and O–H groups in total. The molecule has 2 aromatic carbocycles. The van der Waals surface area contributed by atoms with Crippen molar-refractivity contribution < 1.29 is 28.5 Å². The number of carbonyl (C=O) groups is 1. The minimum absolute atomic E-state index is 0.164. The minimum atomic E-state index is -0.692. The molecule has 8 heteroatoms. The predicted octanol–water partition coefficient (Wildman–Crippen LogP) is 4.23. The second-order valence-electron chi connectivity index (χ2n) is 11.0. The van der Waals surface area contributed by atoms with Gasteiger partial charge >= 0.3 is 6.09 Å². The summed E-state index contributed by atoms with van der Waals surface area (Å²) in [5, 5.41) is 3.08. The molecule has 200 valence electrons. The first-order valence-corrected chi connectivity index (χ1v) is 13.2. The first-order valence-electron chi connectivity index (χ1n) is 13.2. The van der Waals surface area contributed by atoms with Gasteiger partial charge < -0.3 is 33.9 Å². The molecule has 37 heavy (non-hydrogen) atoms. The number of nitrogens with one attached hydrogen (secondary N) is 1. The Bertz CT molecular complexity index is 1030. The molecule has 5 rings (SSSR count). The van der Waals surface area contributed by atoms with E-state index < -0.39 is 12.1 Å². The molecule has 0 saturated carbocycles. The van der Waals surface area contributed by atoms with E-state index in [0.29, 0.717) is 13.2 Å². The van der Waals surface area contributed by atoms with E-state index in [1.54, 1.807) is 0 Å². The number of piperidine rings is 1. The Kier molecular flexibility index (Phi) is 7.83. The number of fused-ring (bicyclic) bond motifs is 1. The van der Waals surface area contributed by atoms with Crippen molar-refractivity contribution in [3.8, 4) is 0 Å². The molecule has 3 heterocycles. The molecule has 0 unspecified atom stereocenters. The maximum absolute atomic E-state index is 12.4. The van der Waals surface area contributed by atoms with Crippen molar-refractivity contribution in [3.63, 3.8) is 0 Å². The Morgan fingerprint density at radius 3 is 2.22 bits per heavy atom. The average Bonchev–Trinajstić information content (AvgIpc) is 3.35. The molecule has 3 fully saturated rings. The molecule has 2 aromatic rings. The average molecular weight is 511 g/mol. The third-order valence-electron chi connectivity index (χ3n) is 7.39. The second kappa shape index (κ2) is 11.1. The highest BCUT2D eigenvalue weighted by atomic mass is 16.8. The fraction of sp³-hybridized carbons (Fsp3) is 0.552. The Morgan fingerprint density at radius 1 is 0.946 bits per heavy atom. The Labute approximate surface area is 219 Å². The van der Waals surface area contributed by atoms with E-state index in [4.69, 9.17) is 23.7 Å². The first kappa shape index (κ1) is 26.1. The number of nitrogens with zero attached hydrogens (tertiary/aromatic N) is 1. The third-order valence-corrected chi connectivity index (χ3v) is 7.39. The van der Waals surface area contributed by atoms with Crippen molar-refractivity contribution >= 4 is 6.09 Å². The van der Waals surface area contributed by atoms with Gasteiger partial charge in [-0.2, -0.15) is 0 Å². The lowest BCUT2D eigenvalue weighted by molar-refractivity contribution is -0.221. The summed E-state index contributed by atoms with van der Waals surface area (Å²) in [6, 6.07) is 19.8. The summed E-state index contributed by atoms with van der Waals surface area (Å²) in [4.78, 5) is 14.8. The van der Waals surface area contributed by atoms with Gasteiger partial charge in [0.05, 0.1) is 6.61 Å². The van der Waals surface area contributed by atoms with Gasteiger partial charge in [0.2, 0.25) is 0 Å². The number of rotatable bonds is 8. The second-order valence-corrected chi connectivity index (χ2v) is 11.0. The van der Waals surface area contributed by atoms with Crippen molar-refractivity contribution in [1.82, 2.24) is 10.2 Å². The van der Waals surface area contributed by atoms with Crippen molar-refractivity contribution in [1.29, 1.82) is 0 Å². The molecule has 8 nitrogen and oxygen atoms in total. The maximum atomic E-state index is 12.4. The van der Waals surface area contributed by atoms with E-state index in [9.17, 15) is 4.79 Å². The zero-order valence-corrected chi connectivity index (χ0v) is 21.9. The highest BCUT2D eigenvalue weighted by Gasteiger charge is 2.55. The van der Waals surface area contributed by atoms with Crippen LogP contribution in [0.4, 0.5) is 4.79 Å². The van der Waals surface area contributed by atoms with Crippen LogP contribution in [0, 0.1) is 0 Å². The summed E-state index contributed by atoms with van der Waals surface area (Å²) in [6.45, 7) is 9.04. The summed E-state index contributed by atoms with van der Waals surface area (Å²) in [6.07, 6.45) is 0.176. The van der Waals surface area contributed by atoms with Crippen LogP contribution in [-0.4, -0.2) is 66.6 Å². The van der Waals surface area contributed by atoms with E-state index in [1.165, 1.54) is 0 Å². The molecule has 3 aliphatic rings. The van der Waals surface area contributed by atoms with E-state index in [2.05, 4.69) is 29.3 Å². The van der Waals surface area contributed by atoms with Gasteiger partial charge in [0, 0.05) is 25.2 Å². The lowest BCUT2D eigenvalue weighted by atomic mass is 9.89. The van der Waals surface area contributed by atoms with Crippen LogP contribution in [-0.2, 0) is 36.9 Å². The fourth-order valence-electron chi connectivity index (χ4n) is 5.28. The first-order chi connectivity index (χ1) is 17.8. The minimum Gasteiger partial charge on any atom is -0.445 e. The van der Waals surface area contributed by atoms with E-state index in [-0.39, 0.29) is 36.6 Å². The van der Waals surface area contributed by atoms with Crippen molar-refractivity contribution in [2.45, 2.75) is 82.8 Å². The van der Waals surface area contributed by atoms with Crippen LogP contribution < -0.4 is 5.32 Å². The van der Waals surface area contributed by atoms with E-state index in [1.807, 2.05) is 62.4 Å². The maximum Gasteiger partial charge on any atom is 0.407 e. The number of benzene rings is 2. The van der Waals surface area contributed by atoms with Gasteiger partial charge in [0.1, 0.15) is 24.9 Å². The largest absolute Gasteiger partial charge is 0.445 e. The van der Waals surface area contributed by atoms with E-state index >= 15 is 0 Å². The lowest BCUT2D eigenvalue weighted by Gasteiger charge is -2.40. The summed E-state index contributed by atoms with van der Waals surface area (Å²) in [7, 11) is 0. The fourth-order valence-corrected chi connectivity index (χ4v) is 5.28. The third kappa shape index (κ3) is 6.69. The van der Waals surface area contributed by atoms with Gasteiger partial charge in [0.15, 0.2) is 12.1 Å². The van der Waals surface area contributed by atoms with Gasteiger partial charge in [0.25, 0.3) is 0 Å². The summed E-state index contributed by atoms with van der Waals surface area (Å²) in [5.41, 5.74) is 1.78. The molecule has 0 radical (unpaired) electrons. The van der Waals surface area contributed by atoms with Gasteiger partial charge in [-0.15, -0.1) is 0 Å². The highest BCUT2D eigenvalue weighted by molar-refractivity contribution is 5.68. The van der Waals surface area contributed by atoms with Gasteiger partial charge in [-0.1, -0.05) is 60.7 Å². The molecule has 0 aliphatic carbocycles. The van der Waals surface area contributed by atoms with Crippen molar-refractivity contribution in [3.05, 3.63) is 71.8 Å². The Morgan fingerprint density at radius 2 is 1.57 bits per heavy atom. The van der Waals surface area contributed by atoms with Crippen molar-refractivity contribution in [2.24, 2.45) is 0 Å². The Balaban J connectivity index is 1.13. The van der Waals surface area contributed by atoms with E-state index in [0.717, 1.165) is 37.1 Å². The lowest BCUT2D eigenvalue weighted by Crippen LogP contribution is -2.55. The number of hydrogen-bond donors (Lipinski definition) is 1. The normalized spacial score (nSPS) is 28.5. The van der Waals surface area contributed by atoms with Crippen LogP contribution in [0.25, 0.3) is 0 Å². The summed E-state index contributed by atoms with van der Waals surface area (Å²) >= 11 is 0. The topological polar surface area (TPSA) is 78.5 Å². The monoisotopic (exact) mass is 510 g/mol. The SMILES string of the molecule is CC1(NC(=O)OCc2ccccc2)CCN(C[C@H]2O[C@@H]3OC(C)(C)O[C@@H]3[C@H]2OCc2ccccc2)CC1. The van der Waals surface area contributed by atoms with Crippen LogP contribution in [0.5, 0.6) is 0 Å². The quantitative estimate of drug-likeness (QED) is 0.569. The standard InChI is InChI=1S/C29H38N2O6/c1-28(2)36-25-24(33-19-21-10-6-4-7-11-21)23(35-26(25)37-28)18-31-16-14-29(3,15-17-31)30-27(32)34-20-22-12-8-5-9-13-22/h4-13,23-26H,14-20H2,1-3H3,(H,30,32)/t23-,24+,25-,26-/m1/s1. The van der Waals surface area contributed by atoms with Crippen LogP contribution in [0.3, 0.4) is 0 Å². The number of carbonyl (C=O) groups excluding carboxylic acids is 1. The molecule has 0 spiro atoms. The molecule has 0 bridgehead atoms. The van der Waals surface area contributed by atoms with Crippen LogP contribution in [0.15, 0.2) is 60.7 Å². The predicted molar refractivity (Wildman–Crippen MR) is 138 cm³/mol. The Hall–Kier alpha value is -2.49. The van der Waals surface area contributed by atoms with Gasteiger partial charge in [-0.05, 0) is 44.7 Å². The summed E-state index contributed by atoms with van der Waals surface area (Å²) in [5.74, 6) is -0.692. The molecule has 3 aliphatic heterocycles. The van der Waals surface area contributed by atoms with Crippen LogP contribution in [0.1, 0.15) is 44.7 Å². The molecule has 0 aromatic heterocycles. The number of alkyl carbamates (subject to hydrolysis) is 1. The van der Waals surface area contributed by atoms with Gasteiger partial charge in [-0.3, -0.25) is 0 Å². The van der Waals surface area contributed by atoms with Crippen LogP contribution >= 0.6 is 0 Å². The number of likely N-dealkylation sites (tertiary alicyclic amines) is 1. The molecular weight excluding hydrogens is 472 g/mol. The van der Waals surface area contributed by atoms with Crippen LogP contribution in [0.2, 0.25) is 0 Å². The molecule has 4 atom stereocenters. The zero-order valence-electron chi connectivity index (χ0n) is 21.9. The van der Waals surface area contributed by atoms with Crippen molar-refractivity contribution in [2.75, 3.05) is 19.6 Å². The molecule has 3 saturated heterocycles. The van der Waals surface area contributed by atoms with Gasteiger partial charge in [-0.25, -0.2) is 4.79 Å². The zero-order chi connectivity index (χ0) is 25.9. The number of hydrogen-bond acceptors (Lipinski definition) is 7. The smallest absolute Gasteiger partial charge is 0.407 e. The highest BCUT2D eigenvalue weighted by Crippen LogP contribution is 2.39. The molecule has 1 amide bonds.